The van der Waals surface area contributed by atoms with Crippen LogP contribution in [0.25, 0.3) is 0 Å². The quantitative estimate of drug-likeness (QED) is 0.617. The molecule has 0 amide bonds. The van der Waals surface area contributed by atoms with Gasteiger partial charge in [-0.2, -0.15) is 5.10 Å². The third-order valence-corrected chi connectivity index (χ3v) is 1.69. The first-order valence-electron chi connectivity index (χ1n) is 3.21. The largest absolute Gasteiger partial charge is 0.267 e. The van der Waals surface area contributed by atoms with Crippen molar-refractivity contribution in [3.8, 4) is 0 Å². The van der Waals surface area contributed by atoms with Gasteiger partial charge < -0.3 is 0 Å². The van der Waals surface area contributed by atoms with Gasteiger partial charge >= 0.3 is 0 Å². The number of aromatic nitrogens is 2. The van der Waals surface area contributed by atoms with Gasteiger partial charge in [0.1, 0.15) is 5.15 Å². The molecule has 0 atom stereocenters. The summed E-state index contributed by atoms with van der Waals surface area (Å²) < 4.78 is 0. The molecule has 0 aliphatic carbocycles. The van der Waals surface area contributed by atoms with Crippen LogP contribution in [-0.4, -0.2) is 10.2 Å². The van der Waals surface area contributed by atoms with Crippen LogP contribution in [0.3, 0.4) is 0 Å². The summed E-state index contributed by atoms with van der Waals surface area (Å²) >= 11 is 5.81. The maximum atomic E-state index is 5.81. The van der Waals surface area contributed by atoms with Crippen molar-refractivity contribution in [2.24, 2.45) is 0 Å². The standard InChI is InChI=1S/C7H11ClN2/c1-7(2,3)5-4-9-10-6(5)8/h4H,1-3H3,(H,9,10). The van der Waals surface area contributed by atoms with Gasteiger partial charge in [0.05, 0.1) is 6.20 Å². The zero-order chi connectivity index (χ0) is 7.78. The number of nitrogens with one attached hydrogen (secondary N) is 1. The summed E-state index contributed by atoms with van der Waals surface area (Å²) in [5.74, 6) is 0. The molecule has 1 heterocycles. The normalized spacial score (nSPS) is 12.0. The molecule has 0 saturated carbocycles. The molecule has 0 aromatic carbocycles. The summed E-state index contributed by atoms with van der Waals surface area (Å²) in [4.78, 5) is 0. The molecule has 0 saturated heterocycles. The van der Waals surface area contributed by atoms with Crippen LogP contribution in [-0.2, 0) is 5.41 Å². The summed E-state index contributed by atoms with van der Waals surface area (Å²) in [6.45, 7) is 6.30. The van der Waals surface area contributed by atoms with Crippen LogP contribution in [0.2, 0.25) is 5.15 Å². The Morgan fingerprint density at radius 2 is 2.10 bits per heavy atom. The Kier molecular flexibility index (Phi) is 1.73. The molecular formula is C7H11ClN2. The second-order valence-electron chi connectivity index (χ2n) is 3.35. The lowest BCUT2D eigenvalue weighted by Crippen LogP contribution is -2.10. The Morgan fingerprint density at radius 3 is 2.30 bits per heavy atom. The highest BCUT2D eigenvalue weighted by Gasteiger charge is 2.18. The summed E-state index contributed by atoms with van der Waals surface area (Å²) in [5.41, 5.74) is 1.15. The number of H-pyrrole nitrogens is 1. The summed E-state index contributed by atoms with van der Waals surface area (Å²) in [6, 6.07) is 0. The lowest BCUT2D eigenvalue weighted by molar-refractivity contribution is 0.591. The highest BCUT2D eigenvalue weighted by molar-refractivity contribution is 6.30. The van der Waals surface area contributed by atoms with E-state index in [9.17, 15) is 0 Å². The van der Waals surface area contributed by atoms with E-state index in [1.807, 2.05) is 0 Å². The fourth-order valence-corrected chi connectivity index (χ4v) is 1.17. The lowest BCUT2D eigenvalue weighted by atomic mass is 9.90. The first-order chi connectivity index (χ1) is 4.52. The molecule has 0 unspecified atom stereocenters. The molecule has 1 N–H and O–H groups in total. The van der Waals surface area contributed by atoms with E-state index >= 15 is 0 Å². The van der Waals surface area contributed by atoms with Crippen molar-refractivity contribution in [1.29, 1.82) is 0 Å². The van der Waals surface area contributed by atoms with Crippen LogP contribution in [0, 0.1) is 0 Å². The summed E-state index contributed by atoms with van der Waals surface area (Å²) in [5, 5.41) is 7.17. The van der Waals surface area contributed by atoms with Crippen molar-refractivity contribution >= 4 is 11.6 Å². The minimum absolute atomic E-state index is 0.0874. The maximum absolute atomic E-state index is 5.81. The molecule has 0 radical (unpaired) electrons. The van der Waals surface area contributed by atoms with Crippen molar-refractivity contribution in [2.75, 3.05) is 0 Å². The van der Waals surface area contributed by atoms with Gasteiger partial charge in [0.25, 0.3) is 0 Å². The first kappa shape index (κ1) is 7.61. The number of nitrogens with zero attached hydrogens (tertiary/aromatic N) is 1. The van der Waals surface area contributed by atoms with Gasteiger partial charge in [-0.1, -0.05) is 32.4 Å². The number of rotatable bonds is 0. The number of halogens is 1. The smallest absolute Gasteiger partial charge is 0.127 e. The second-order valence-corrected chi connectivity index (χ2v) is 3.73. The minimum Gasteiger partial charge on any atom is -0.267 e. The number of aromatic amines is 1. The Bertz CT molecular complexity index is 222. The number of hydrogen-bond acceptors (Lipinski definition) is 1. The van der Waals surface area contributed by atoms with Crippen molar-refractivity contribution in [3.63, 3.8) is 0 Å². The van der Waals surface area contributed by atoms with Crippen molar-refractivity contribution in [2.45, 2.75) is 26.2 Å². The Labute approximate surface area is 65.6 Å². The van der Waals surface area contributed by atoms with Crippen molar-refractivity contribution < 1.29 is 0 Å². The van der Waals surface area contributed by atoms with Crippen LogP contribution in [0.1, 0.15) is 26.3 Å². The van der Waals surface area contributed by atoms with E-state index in [1.165, 1.54) is 0 Å². The van der Waals surface area contributed by atoms with E-state index in [1.54, 1.807) is 6.20 Å². The predicted octanol–water partition coefficient (Wildman–Crippen LogP) is 2.36. The third kappa shape index (κ3) is 1.32. The molecule has 10 heavy (non-hydrogen) atoms. The van der Waals surface area contributed by atoms with Gasteiger partial charge in [0.15, 0.2) is 0 Å². The maximum Gasteiger partial charge on any atom is 0.127 e. The van der Waals surface area contributed by atoms with Crippen LogP contribution in [0.4, 0.5) is 0 Å². The lowest BCUT2D eigenvalue weighted by Gasteiger charge is -2.15. The fraction of sp³-hybridized carbons (Fsp3) is 0.571. The Hall–Kier alpha value is -0.500. The van der Waals surface area contributed by atoms with Crippen LogP contribution in [0.15, 0.2) is 6.20 Å². The van der Waals surface area contributed by atoms with E-state index in [-0.39, 0.29) is 5.41 Å². The SMILES string of the molecule is CC(C)(C)c1cn[nH]c1Cl. The average Bonchev–Trinajstić information content (AvgIpc) is 2.11. The van der Waals surface area contributed by atoms with Crippen molar-refractivity contribution in [3.05, 3.63) is 16.9 Å². The predicted molar refractivity (Wildman–Crippen MR) is 42.3 cm³/mol. The molecule has 1 aromatic rings. The zero-order valence-corrected chi connectivity index (χ0v) is 7.16. The average molecular weight is 159 g/mol. The molecule has 1 rings (SSSR count). The highest BCUT2D eigenvalue weighted by atomic mass is 35.5. The molecule has 3 heteroatoms. The van der Waals surface area contributed by atoms with Gasteiger partial charge in [-0.05, 0) is 5.41 Å². The molecule has 0 bridgehead atoms. The molecule has 56 valence electrons. The number of hydrogen-bond donors (Lipinski definition) is 1. The van der Waals surface area contributed by atoms with Crippen LogP contribution in [0.5, 0.6) is 0 Å². The monoisotopic (exact) mass is 158 g/mol. The highest BCUT2D eigenvalue weighted by Crippen LogP contribution is 2.26. The molecular weight excluding hydrogens is 148 g/mol. The van der Waals surface area contributed by atoms with Crippen molar-refractivity contribution in [1.82, 2.24) is 10.2 Å². The molecule has 0 aliphatic rings. The van der Waals surface area contributed by atoms with E-state index in [0.717, 1.165) is 5.56 Å². The molecule has 0 fully saturated rings. The molecule has 1 aromatic heterocycles. The fourth-order valence-electron chi connectivity index (χ4n) is 0.793. The molecule has 0 aliphatic heterocycles. The van der Waals surface area contributed by atoms with E-state index in [0.29, 0.717) is 5.15 Å². The van der Waals surface area contributed by atoms with Crippen LogP contribution >= 0.6 is 11.6 Å². The zero-order valence-electron chi connectivity index (χ0n) is 6.40. The molecule has 2 nitrogen and oxygen atoms in total. The van der Waals surface area contributed by atoms with Gasteiger partial charge in [-0.15, -0.1) is 0 Å². The van der Waals surface area contributed by atoms with Crippen LogP contribution < -0.4 is 0 Å². The Balaban J connectivity index is 3.05. The second kappa shape index (κ2) is 2.27. The summed E-state index contributed by atoms with van der Waals surface area (Å²) in [7, 11) is 0. The van der Waals surface area contributed by atoms with E-state index < -0.39 is 0 Å². The minimum atomic E-state index is 0.0874. The van der Waals surface area contributed by atoms with Gasteiger partial charge in [0.2, 0.25) is 0 Å². The van der Waals surface area contributed by atoms with Gasteiger partial charge in [0, 0.05) is 5.56 Å². The summed E-state index contributed by atoms with van der Waals surface area (Å²) in [6.07, 6.45) is 1.77. The van der Waals surface area contributed by atoms with E-state index in [4.69, 9.17) is 11.6 Å². The van der Waals surface area contributed by atoms with E-state index in [2.05, 4.69) is 31.0 Å². The topological polar surface area (TPSA) is 28.7 Å². The third-order valence-electron chi connectivity index (χ3n) is 1.40. The first-order valence-corrected chi connectivity index (χ1v) is 3.59. The molecule has 0 spiro atoms. The van der Waals surface area contributed by atoms with Gasteiger partial charge in [-0.25, -0.2) is 0 Å². The Morgan fingerprint density at radius 1 is 1.50 bits per heavy atom. The van der Waals surface area contributed by atoms with Gasteiger partial charge in [-0.3, -0.25) is 5.10 Å².